The second kappa shape index (κ2) is 8.44. The van der Waals surface area contributed by atoms with Crippen molar-refractivity contribution in [3.8, 4) is 22.1 Å². The number of aromatic nitrogens is 1. The molecule has 0 fully saturated rings. The topological polar surface area (TPSA) is 68.7 Å². The minimum absolute atomic E-state index is 0.0175. The Hall–Kier alpha value is -2.86. The van der Waals surface area contributed by atoms with Crippen LogP contribution in [0.5, 0.6) is 11.5 Å². The lowest BCUT2D eigenvalue weighted by Gasteiger charge is -2.22. The number of carboxylic acids is 1. The molecule has 0 atom stereocenters. The van der Waals surface area contributed by atoms with Crippen molar-refractivity contribution >= 4 is 17.3 Å². The molecule has 6 heteroatoms. The summed E-state index contributed by atoms with van der Waals surface area (Å²) in [5.41, 5.74) is 2.11. The van der Waals surface area contributed by atoms with E-state index < -0.39 is 5.97 Å². The number of nitrogens with zero attached hydrogens (tertiary/aromatic N) is 1. The highest BCUT2D eigenvalue weighted by Crippen LogP contribution is 2.31. The molecule has 28 heavy (non-hydrogen) atoms. The monoisotopic (exact) mass is 397 g/mol. The van der Waals surface area contributed by atoms with E-state index in [1.54, 1.807) is 0 Å². The number of hydrogen-bond acceptors (Lipinski definition) is 5. The largest absolute Gasteiger partial charge is 0.490 e. The fraction of sp³-hybridized carbons (Fsp3) is 0.273. The normalized spacial score (nSPS) is 11.2. The third-order valence-corrected chi connectivity index (χ3v) is 5.02. The van der Waals surface area contributed by atoms with Crippen LogP contribution in [0.3, 0.4) is 0 Å². The maximum Gasteiger partial charge on any atom is 0.355 e. The van der Waals surface area contributed by atoms with Crippen molar-refractivity contribution in [1.29, 1.82) is 0 Å². The summed E-state index contributed by atoms with van der Waals surface area (Å²) in [5, 5.41) is 11.2. The molecule has 1 heterocycles. The van der Waals surface area contributed by atoms with E-state index >= 15 is 0 Å². The predicted molar refractivity (Wildman–Crippen MR) is 111 cm³/mol. The third-order valence-electron chi connectivity index (χ3n) is 4.13. The van der Waals surface area contributed by atoms with Gasteiger partial charge in [0.2, 0.25) is 0 Å². The number of hydrogen-bond donors (Lipinski definition) is 1. The average Bonchev–Trinajstić information content (AvgIpc) is 3.16. The standard InChI is InChI=1S/C22H23NO4S/c1-22(2,3)17-6-4-5-7-19(17)27-13-12-26-16-10-8-15(9-11-16)20-23-18(14-28-20)21(24)25/h4-11,14H,12-13H2,1-3H3,(H,24,25). The summed E-state index contributed by atoms with van der Waals surface area (Å²) >= 11 is 1.31. The summed E-state index contributed by atoms with van der Waals surface area (Å²) in [4.78, 5) is 15.0. The predicted octanol–water partition coefficient (Wildman–Crippen LogP) is 5.26. The molecule has 0 bridgehead atoms. The molecular weight excluding hydrogens is 374 g/mol. The number of aromatic carboxylic acids is 1. The summed E-state index contributed by atoms with van der Waals surface area (Å²) in [6.07, 6.45) is 0. The van der Waals surface area contributed by atoms with Crippen molar-refractivity contribution in [3.05, 3.63) is 65.2 Å². The summed E-state index contributed by atoms with van der Waals surface area (Å²) in [5.74, 6) is 0.592. The lowest BCUT2D eigenvalue weighted by molar-refractivity contribution is 0.0691. The van der Waals surface area contributed by atoms with Gasteiger partial charge in [-0.2, -0.15) is 0 Å². The molecule has 0 spiro atoms. The SMILES string of the molecule is CC(C)(C)c1ccccc1OCCOc1ccc(-c2nc(C(=O)O)cs2)cc1. The van der Waals surface area contributed by atoms with Crippen LogP contribution >= 0.6 is 11.3 Å². The van der Waals surface area contributed by atoms with Crippen molar-refractivity contribution < 1.29 is 19.4 Å². The second-order valence-electron chi connectivity index (χ2n) is 7.31. The molecule has 0 unspecified atom stereocenters. The number of carbonyl (C=O) groups is 1. The molecule has 0 aliphatic carbocycles. The molecule has 0 amide bonds. The first-order chi connectivity index (χ1) is 13.3. The Morgan fingerprint density at radius 3 is 2.36 bits per heavy atom. The van der Waals surface area contributed by atoms with E-state index in [9.17, 15) is 4.79 Å². The maximum absolute atomic E-state index is 10.9. The molecule has 3 aromatic rings. The summed E-state index contributed by atoms with van der Waals surface area (Å²) in [7, 11) is 0. The Morgan fingerprint density at radius 1 is 1.04 bits per heavy atom. The van der Waals surface area contributed by atoms with Crippen LogP contribution in [0.4, 0.5) is 0 Å². The molecule has 5 nitrogen and oxygen atoms in total. The van der Waals surface area contributed by atoms with Gasteiger partial charge in [0.05, 0.1) is 0 Å². The Morgan fingerprint density at radius 2 is 1.71 bits per heavy atom. The van der Waals surface area contributed by atoms with Crippen molar-refractivity contribution in [2.45, 2.75) is 26.2 Å². The summed E-state index contributed by atoms with van der Waals surface area (Å²) in [6.45, 7) is 7.36. The number of thiazole rings is 1. The Kier molecular flexibility index (Phi) is 5.99. The van der Waals surface area contributed by atoms with Gasteiger partial charge in [-0.25, -0.2) is 9.78 Å². The summed E-state index contributed by atoms with van der Waals surface area (Å²) < 4.78 is 11.7. The van der Waals surface area contributed by atoms with Gasteiger partial charge in [-0.3, -0.25) is 0 Å². The first kappa shape index (κ1) is 19.9. The molecule has 0 aliphatic rings. The van der Waals surface area contributed by atoms with Crippen LogP contribution in [-0.2, 0) is 5.41 Å². The van der Waals surface area contributed by atoms with Crippen LogP contribution in [0.25, 0.3) is 10.6 Å². The van der Waals surface area contributed by atoms with Crippen LogP contribution in [0.2, 0.25) is 0 Å². The molecular formula is C22H23NO4S. The minimum Gasteiger partial charge on any atom is -0.490 e. The van der Waals surface area contributed by atoms with Gasteiger partial charge in [-0.1, -0.05) is 39.0 Å². The van der Waals surface area contributed by atoms with Gasteiger partial charge >= 0.3 is 5.97 Å². The highest BCUT2D eigenvalue weighted by atomic mass is 32.1. The van der Waals surface area contributed by atoms with Gasteiger partial charge in [0, 0.05) is 10.9 Å². The van der Waals surface area contributed by atoms with Crippen LogP contribution in [0, 0.1) is 0 Å². The van der Waals surface area contributed by atoms with E-state index in [1.165, 1.54) is 22.3 Å². The van der Waals surface area contributed by atoms with Crippen molar-refractivity contribution in [2.75, 3.05) is 13.2 Å². The number of para-hydroxylation sites is 1. The van der Waals surface area contributed by atoms with Crippen LogP contribution in [0.1, 0.15) is 36.8 Å². The highest BCUT2D eigenvalue weighted by molar-refractivity contribution is 7.13. The minimum atomic E-state index is -1.02. The Bertz CT molecular complexity index is 942. The van der Waals surface area contributed by atoms with Gasteiger partial charge < -0.3 is 14.6 Å². The lowest BCUT2D eigenvalue weighted by Crippen LogP contribution is -2.15. The highest BCUT2D eigenvalue weighted by Gasteiger charge is 2.18. The van der Waals surface area contributed by atoms with E-state index in [1.807, 2.05) is 42.5 Å². The Balaban J connectivity index is 1.54. The van der Waals surface area contributed by atoms with Crippen LogP contribution in [0.15, 0.2) is 53.9 Å². The fourth-order valence-corrected chi connectivity index (χ4v) is 3.52. The first-order valence-electron chi connectivity index (χ1n) is 8.99. The molecule has 0 aliphatic heterocycles. The Labute approximate surface area is 168 Å². The second-order valence-corrected chi connectivity index (χ2v) is 8.17. The number of benzene rings is 2. The quantitative estimate of drug-likeness (QED) is 0.551. The third kappa shape index (κ3) is 4.89. The zero-order valence-corrected chi connectivity index (χ0v) is 17.0. The van der Waals surface area contributed by atoms with Gasteiger partial charge in [-0.15, -0.1) is 11.3 Å². The zero-order chi connectivity index (χ0) is 20.1. The molecule has 0 saturated heterocycles. The zero-order valence-electron chi connectivity index (χ0n) is 16.1. The summed E-state index contributed by atoms with van der Waals surface area (Å²) in [6, 6.07) is 15.5. The molecule has 0 saturated carbocycles. The molecule has 1 N–H and O–H groups in total. The van der Waals surface area contributed by atoms with E-state index in [-0.39, 0.29) is 11.1 Å². The van der Waals surface area contributed by atoms with E-state index in [4.69, 9.17) is 14.6 Å². The van der Waals surface area contributed by atoms with Crippen LogP contribution < -0.4 is 9.47 Å². The van der Waals surface area contributed by atoms with Gasteiger partial charge in [-0.05, 0) is 41.3 Å². The van der Waals surface area contributed by atoms with Crippen molar-refractivity contribution in [3.63, 3.8) is 0 Å². The van der Waals surface area contributed by atoms with Gasteiger partial charge in [0.25, 0.3) is 0 Å². The smallest absolute Gasteiger partial charge is 0.355 e. The van der Waals surface area contributed by atoms with Gasteiger partial charge in [0.15, 0.2) is 5.69 Å². The van der Waals surface area contributed by atoms with E-state index in [2.05, 4.69) is 31.8 Å². The molecule has 0 radical (unpaired) electrons. The molecule has 1 aromatic heterocycles. The maximum atomic E-state index is 10.9. The molecule has 2 aromatic carbocycles. The van der Waals surface area contributed by atoms with E-state index in [0.29, 0.717) is 18.2 Å². The molecule has 3 rings (SSSR count). The van der Waals surface area contributed by atoms with Gasteiger partial charge in [0.1, 0.15) is 29.7 Å². The fourth-order valence-electron chi connectivity index (χ4n) is 2.72. The first-order valence-corrected chi connectivity index (χ1v) is 9.87. The van der Waals surface area contributed by atoms with Crippen molar-refractivity contribution in [2.24, 2.45) is 0 Å². The number of carboxylic acid groups (broad SMARTS) is 1. The van der Waals surface area contributed by atoms with Crippen LogP contribution in [-0.4, -0.2) is 29.3 Å². The number of rotatable bonds is 7. The molecule has 146 valence electrons. The van der Waals surface area contributed by atoms with E-state index in [0.717, 1.165) is 17.1 Å². The lowest BCUT2D eigenvalue weighted by atomic mass is 9.86. The average molecular weight is 397 g/mol. The van der Waals surface area contributed by atoms with Crippen molar-refractivity contribution in [1.82, 2.24) is 4.98 Å². The number of ether oxygens (including phenoxy) is 2.